The molecular formula is C30H22F7NO2. The number of nitrogens with one attached hydrogen (secondary N) is 1. The van der Waals surface area contributed by atoms with Crippen molar-refractivity contribution in [3.63, 3.8) is 0 Å². The van der Waals surface area contributed by atoms with Crippen LogP contribution in [0.1, 0.15) is 32.6 Å². The fraction of sp³-hybridized carbons (Fsp3) is 0.167. The number of hydrogen-bond acceptors (Lipinski definition) is 2. The third kappa shape index (κ3) is 6.27. The number of ether oxygens (including phenoxy) is 1. The Bertz CT molecular complexity index is 1490. The Morgan fingerprint density at radius 1 is 0.825 bits per heavy atom. The Hall–Kier alpha value is -4.34. The average molecular weight is 561 g/mol. The van der Waals surface area contributed by atoms with E-state index in [0.717, 1.165) is 30.3 Å². The summed E-state index contributed by atoms with van der Waals surface area (Å²) in [6.45, 7) is 1.45. The number of alkyl halides is 4. The molecule has 0 aromatic heterocycles. The first-order valence-corrected chi connectivity index (χ1v) is 11.9. The van der Waals surface area contributed by atoms with Crippen LogP contribution in [0.2, 0.25) is 0 Å². The summed E-state index contributed by atoms with van der Waals surface area (Å²) in [7, 11) is 0. The highest BCUT2D eigenvalue weighted by Crippen LogP contribution is 2.38. The Morgan fingerprint density at radius 3 is 2.12 bits per heavy atom. The maximum atomic E-state index is 14.9. The molecule has 1 atom stereocenters. The first-order valence-electron chi connectivity index (χ1n) is 11.9. The zero-order chi connectivity index (χ0) is 29.1. The lowest BCUT2D eigenvalue weighted by molar-refractivity contribution is -0.253. The summed E-state index contributed by atoms with van der Waals surface area (Å²) in [6.07, 6.45) is -9.25. The molecule has 208 valence electrons. The summed E-state index contributed by atoms with van der Waals surface area (Å²) >= 11 is 0. The van der Waals surface area contributed by atoms with Crippen molar-refractivity contribution in [3.8, 4) is 5.75 Å². The van der Waals surface area contributed by atoms with E-state index in [-0.39, 0.29) is 28.7 Å². The summed E-state index contributed by atoms with van der Waals surface area (Å²) in [5.41, 5.74) is -0.937. The molecule has 4 aromatic rings. The Kier molecular flexibility index (Phi) is 8.18. The van der Waals surface area contributed by atoms with E-state index in [4.69, 9.17) is 0 Å². The summed E-state index contributed by atoms with van der Waals surface area (Å²) in [6, 6.07) is 19.2. The van der Waals surface area contributed by atoms with Crippen molar-refractivity contribution in [2.45, 2.75) is 31.4 Å². The largest absolute Gasteiger partial charge is 0.461 e. The number of hydrogen-bond donors (Lipinski definition) is 1. The van der Waals surface area contributed by atoms with Gasteiger partial charge in [-0.1, -0.05) is 42.5 Å². The number of benzene rings is 4. The predicted molar refractivity (Wildman–Crippen MR) is 134 cm³/mol. The lowest BCUT2D eigenvalue weighted by Gasteiger charge is -2.37. The number of carbonyl (C=O) groups is 1. The molecule has 40 heavy (non-hydrogen) atoms. The van der Waals surface area contributed by atoms with Crippen LogP contribution in [0.4, 0.5) is 30.7 Å². The van der Waals surface area contributed by atoms with E-state index in [9.17, 15) is 35.5 Å². The molecular weight excluding hydrogens is 539 g/mol. The van der Waals surface area contributed by atoms with Crippen LogP contribution in [-0.4, -0.2) is 18.4 Å². The number of carbonyl (C=O) groups excluding carboxylic acids is 1. The Morgan fingerprint density at radius 2 is 1.50 bits per heavy atom. The van der Waals surface area contributed by atoms with Gasteiger partial charge in [0.15, 0.2) is 0 Å². The number of amides is 1. The molecule has 4 aromatic carbocycles. The average Bonchev–Trinajstić information content (AvgIpc) is 2.90. The van der Waals surface area contributed by atoms with Crippen LogP contribution in [0.5, 0.6) is 5.75 Å². The summed E-state index contributed by atoms with van der Waals surface area (Å²) in [4.78, 5) is 13.6. The topological polar surface area (TPSA) is 38.3 Å². The van der Waals surface area contributed by atoms with Crippen molar-refractivity contribution < 1.29 is 40.3 Å². The molecule has 1 N–H and O–H groups in total. The van der Waals surface area contributed by atoms with Gasteiger partial charge in [-0.15, -0.1) is 0 Å². The minimum Gasteiger partial charge on any atom is -0.428 e. The molecule has 0 unspecified atom stereocenters. The van der Waals surface area contributed by atoms with Gasteiger partial charge in [-0.25, -0.2) is 13.2 Å². The maximum absolute atomic E-state index is 14.9. The van der Waals surface area contributed by atoms with Crippen molar-refractivity contribution in [1.29, 1.82) is 0 Å². The van der Waals surface area contributed by atoms with E-state index in [1.807, 2.05) is 0 Å². The van der Waals surface area contributed by atoms with Gasteiger partial charge in [-0.2, -0.15) is 17.6 Å². The molecule has 0 saturated carbocycles. The van der Waals surface area contributed by atoms with Gasteiger partial charge in [0.05, 0.1) is 5.54 Å². The number of aryl methyl sites for hydroxylation is 1. The zero-order valence-electron chi connectivity index (χ0n) is 20.9. The minimum atomic E-state index is -4.93. The van der Waals surface area contributed by atoms with Crippen LogP contribution in [0.15, 0.2) is 91.0 Å². The summed E-state index contributed by atoms with van der Waals surface area (Å²) in [5, 5.41) is 2.79. The van der Waals surface area contributed by atoms with Gasteiger partial charge >= 0.3 is 12.5 Å². The van der Waals surface area contributed by atoms with Crippen LogP contribution in [0, 0.1) is 24.4 Å². The van der Waals surface area contributed by atoms with Crippen molar-refractivity contribution in [2.75, 3.05) is 0 Å². The molecule has 0 aliphatic heterocycles. The van der Waals surface area contributed by atoms with Gasteiger partial charge in [-0.3, -0.25) is 4.79 Å². The minimum absolute atomic E-state index is 0.0237. The van der Waals surface area contributed by atoms with Crippen LogP contribution >= 0.6 is 0 Å². The Labute approximate surface area is 225 Å². The lowest BCUT2D eigenvalue weighted by Crippen LogP contribution is -2.48. The molecule has 0 bridgehead atoms. The molecule has 0 saturated heterocycles. The van der Waals surface area contributed by atoms with Gasteiger partial charge in [0.25, 0.3) is 5.91 Å². The van der Waals surface area contributed by atoms with Gasteiger partial charge in [0, 0.05) is 18.1 Å². The molecule has 0 spiro atoms. The third-order valence-electron chi connectivity index (χ3n) is 6.27. The van der Waals surface area contributed by atoms with E-state index in [1.165, 1.54) is 31.2 Å². The number of halogens is 7. The summed E-state index contributed by atoms with van der Waals surface area (Å²) < 4.78 is 100. The monoisotopic (exact) mass is 561 g/mol. The molecule has 0 heterocycles. The van der Waals surface area contributed by atoms with Crippen LogP contribution < -0.4 is 10.1 Å². The van der Waals surface area contributed by atoms with E-state index < -0.39 is 47.2 Å². The standard InChI is InChI=1S/C30H22F7NO2/c1-18-13-20(7-12-26(18)33)27(39)38-29(17-19-5-3-2-4-6-19,21-8-10-23(31)11-9-21)22-14-24(32)16-25(15-22)40-30(36,37)28(34)35/h2-16,28H,17H2,1H3,(H,38,39)/t29-/m1/s1. The Balaban J connectivity index is 1.94. The second-order valence-corrected chi connectivity index (χ2v) is 9.13. The van der Waals surface area contributed by atoms with Gasteiger partial charge < -0.3 is 10.1 Å². The van der Waals surface area contributed by atoms with Crippen molar-refractivity contribution in [1.82, 2.24) is 5.32 Å². The van der Waals surface area contributed by atoms with E-state index in [0.29, 0.717) is 11.6 Å². The van der Waals surface area contributed by atoms with Crippen molar-refractivity contribution in [3.05, 3.63) is 136 Å². The molecule has 3 nitrogen and oxygen atoms in total. The first-order chi connectivity index (χ1) is 18.9. The van der Waals surface area contributed by atoms with Crippen LogP contribution in [0.3, 0.4) is 0 Å². The molecule has 0 fully saturated rings. The van der Waals surface area contributed by atoms with E-state index in [1.54, 1.807) is 30.3 Å². The second kappa shape index (κ2) is 11.4. The normalized spacial score (nSPS) is 13.1. The smallest absolute Gasteiger partial charge is 0.428 e. The fourth-order valence-electron chi connectivity index (χ4n) is 4.32. The highest BCUT2D eigenvalue weighted by Gasteiger charge is 2.45. The van der Waals surface area contributed by atoms with E-state index in [2.05, 4.69) is 10.1 Å². The second-order valence-electron chi connectivity index (χ2n) is 9.13. The lowest BCUT2D eigenvalue weighted by atomic mass is 9.77. The summed E-state index contributed by atoms with van der Waals surface area (Å²) in [5.74, 6) is -3.99. The molecule has 0 aliphatic carbocycles. The number of rotatable bonds is 9. The van der Waals surface area contributed by atoms with E-state index >= 15 is 0 Å². The van der Waals surface area contributed by atoms with Gasteiger partial charge in [0.2, 0.25) is 0 Å². The molecule has 4 rings (SSSR count). The van der Waals surface area contributed by atoms with Crippen LogP contribution in [-0.2, 0) is 12.0 Å². The van der Waals surface area contributed by atoms with Gasteiger partial charge in [-0.05, 0) is 71.6 Å². The van der Waals surface area contributed by atoms with Crippen molar-refractivity contribution >= 4 is 5.91 Å². The van der Waals surface area contributed by atoms with Gasteiger partial charge in [0.1, 0.15) is 23.2 Å². The molecule has 0 radical (unpaired) electrons. The maximum Gasteiger partial charge on any atom is 0.461 e. The SMILES string of the molecule is Cc1cc(C(=O)N[C@](Cc2ccccc2)(c2ccc(F)cc2)c2cc(F)cc(OC(F)(F)C(F)F)c2)ccc1F. The highest BCUT2D eigenvalue weighted by molar-refractivity contribution is 5.95. The zero-order valence-corrected chi connectivity index (χ0v) is 20.9. The quantitative estimate of drug-likeness (QED) is 0.214. The highest BCUT2D eigenvalue weighted by atomic mass is 19.3. The van der Waals surface area contributed by atoms with Crippen molar-refractivity contribution in [2.24, 2.45) is 0 Å². The molecule has 10 heteroatoms. The van der Waals surface area contributed by atoms with Crippen LogP contribution in [0.25, 0.3) is 0 Å². The third-order valence-corrected chi connectivity index (χ3v) is 6.27. The first kappa shape index (κ1) is 28.7. The molecule has 0 aliphatic rings. The predicted octanol–water partition coefficient (Wildman–Crippen LogP) is 7.57. The fourth-order valence-corrected chi connectivity index (χ4v) is 4.32. The molecule has 1 amide bonds.